The van der Waals surface area contributed by atoms with Gasteiger partial charge in [-0.05, 0) is 37.2 Å². The number of sulfone groups is 1. The van der Waals surface area contributed by atoms with Crippen LogP contribution >= 0.6 is 0 Å². The van der Waals surface area contributed by atoms with Gasteiger partial charge >= 0.3 is 12.1 Å². The zero-order chi connectivity index (χ0) is 32.0. The van der Waals surface area contributed by atoms with Crippen LogP contribution in [0.15, 0.2) is 11.2 Å². The van der Waals surface area contributed by atoms with Gasteiger partial charge in [0.1, 0.15) is 12.1 Å². The fraction of sp³-hybridized carbons (Fsp3) is 0.760. The Labute approximate surface area is 238 Å². The van der Waals surface area contributed by atoms with E-state index in [0.29, 0.717) is 12.3 Å². The van der Waals surface area contributed by atoms with Crippen molar-refractivity contribution in [1.29, 1.82) is 0 Å². The Bertz CT molecular complexity index is 1250. The van der Waals surface area contributed by atoms with Crippen LogP contribution in [0.25, 0.3) is 0 Å². The first-order valence-corrected chi connectivity index (χ1v) is 15.2. The highest BCUT2D eigenvalue weighted by Crippen LogP contribution is 2.49. The van der Waals surface area contributed by atoms with Crippen molar-refractivity contribution in [2.24, 2.45) is 17.3 Å². The van der Waals surface area contributed by atoms with Gasteiger partial charge in [-0.25, -0.2) is 17.2 Å². The fourth-order valence-electron chi connectivity index (χ4n) is 5.73. The first-order valence-electron chi connectivity index (χ1n) is 13.3. The summed E-state index contributed by atoms with van der Waals surface area (Å²) in [6.45, 7) is 4.31. The van der Waals surface area contributed by atoms with Crippen molar-refractivity contribution in [2.45, 2.75) is 89.1 Å². The third-order valence-corrected chi connectivity index (χ3v) is 8.66. The molecule has 4 amide bonds. The molecule has 6 atom stereocenters. The lowest BCUT2D eigenvalue weighted by Gasteiger charge is -2.55. The lowest BCUT2D eigenvalue weighted by Crippen LogP contribution is -2.71. The van der Waals surface area contributed by atoms with Crippen LogP contribution in [0.2, 0.25) is 0 Å². The second kappa shape index (κ2) is 11.7. The number of nitrogens with one attached hydrogen (secondary N) is 3. The molecule has 10 nitrogen and oxygen atoms in total. The van der Waals surface area contributed by atoms with Crippen LogP contribution in [-0.2, 0) is 29.0 Å². The number of nitrogens with zero attached hydrogens (tertiary/aromatic N) is 1. The summed E-state index contributed by atoms with van der Waals surface area (Å²) in [5.41, 5.74) is -1.35. The van der Waals surface area contributed by atoms with Gasteiger partial charge in [0.05, 0.1) is 12.0 Å². The smallest absolute Gasteiger partial charge is 0.356 e. The monoisotopic (exact) mass is 632 g/mol. The molecule has 238 valence electrons. The first kappa shape index (κ1) is 33.6. The number of amides is 4. The number of rotatable bonds is 8. The topological polar surface area (TPSA) is 142 Å². The van der Waals surface area contributed by atoms with Crippen molar-refractivity contribution in [2.75, 3.05) is 12.8 Å². The molecule has 1 saturated carbocycles. The highest BCUT2D eigenvalue weighted by Gasteiger charge is 2.61. The van der Waals surface area contributed by atoms with Gasteiger partial charge in [0, 0.05) is 31.2 Å². The van der Waals surface area contributed by atoms with E-state index in [1.165, 1.54) is 20.8 Å². The van der Waals surface area contributed by atoms with E-state index in [4.69, 9.17) is 0 Å². The maximum absolute atomic E-state index is 15.1. The second-order valence-electron chi connectivity index (χ2n) is 12.1. The van der Waals surface area contributed by atoms with Gasteiger partial charge in [-0.2, -0.15) is 17.6 Å². The van der Waals surface area contributed by atoms with E-state index in [9.17, 15) is 45.2 Å². The third-order valence-electron chi connectivity index (χ3n) is 7.82. The maximum atomic E-state index is 15.1. The molecule has 3 N–H and O–H groups in total. The second-order valence-corrected chi connectivity index (χ2v) is 14.1. The summed E-state index contributed by atoms with van der Waals surface area (Å²) in [4.78, 5) is 52.0. The van der Waals surface area contributed by atoms with Crippen LogP contribution in [0, 0.1) is 17.3 Å². The Hall–Kier alpha value is -2.85. The SMILES string of the molecule is CC(C)(C)[C@@H](NC(=O)C(F)(F)F)C(=O)N1[C@H]2CC[C@@H]([C@H]1C(=O)N[C@@H](/C=C(\F)S(C)(=O)=O)C[C@@H]1CCNC1=O)C(F)(F)C2. The number of fused-ring (bicyclic) bond motifs is 3. The lowest BCUT2D eigenvalue weighted by atomic mass is 9.70. The highest BCUT2D eigenvalue weighted by atomic mass is 32.2. The van der Waals surface area contributed by atoms with Crippen LogP contribution in [-0.4, -0.2) is 86.0 Å². The van der Waals surface area contributed by atoms with Crippen LogP contribution in [0.1, 0.15) is 52.9 Å². The zero-order valence-corrected chi connectivity index (χ0v) is 24.2. The molecule has 0 aromatic rings. The van der Waals surface area contributed by atoms with Crippen molar-refractivity contribution < 1.29 is 53.9 Å². The average molecular weight is 633 g/mol. The summed E-state index contributed by atoms with van der Waals surface area (Å²) < 4.78 is 107. The molecule has 42 heavy (non-hydrogen) atoms. The first-order chi connectivity index (χ1) is 19.0. The molecular formula is C25H34F6N4O6S. The van der Waals surface area contributed by atoms with Gasteiger partial charge in [0.25, 0.3) is 5.92 Å². The summed E-state index contributed by atoms with van der Waals surface area (Å²) in [6.07, 6.45) is -5.38. The summed E-state index contributed by atoms with van der Waals surface area (Å²) >= 11 is 0. The van der Waals surface area contributed by atoms with Crippen molar-refractivity contribution in [3.8, 4) is 0 Å². The zero-order valence-electron chi connectivity index (χ0n) is 23.4. The Morgan fingerprint density at radius 3 is 2.21 bits per heavy atom. The number of piperidine rings is 2. The van der Waals surface area contributed by atoms with E-state index in [1.807, 2.05) is 0 Å². The Morgan fingerprint density at radius 2 is 1.74 bits per heavy atom. The minimum absolute atomic E-state index is 0.00808. The van der Waals surface area contributed by atoms with Crippen molar-refractivity contribution in [3.05, 3.63) is 11.2 Å². The highest BCUT2D eigenvalue weighted by molar-refractivity contribution is 7.94. The van der Waals surface area contributed by atoms with E-state index in [1.54, 1.807) is 5.32 Å². The number of hydrogen-bond donors (Lipinski definition) is 3. The molecule has 0 aromatic heterocycles. The van der Waals surface area contributed by atoms with Gasteiger partial charge in [-0.3, -0.25) is 19.2 Å². The van der Waals surface area contributed by atoms with Crippen LogP contribution in [0.4, 0.5) is 26.3 Å². The van der Waals surface area contributed by atoms with Gasteiger partial charge < -0.3 is 20.9 Å². The van der Waals surface area contributed by atoms with Crippen LogP contribution < -0.4 is 16.0 Å². The fourth-order valence-corrected chi connectivity index (χ4v) is 6.14. The minimum Gasteiger partial charge on any atom is -0.356 e. The van der Waals surface area contributed by atoms with E-state index < -0.39 is 98.6 Å². The maximum Gasteiger partial charge on any atom is 0.471 e. The summed E-state index contributed by atoms with van der Waals surface area (Å²) in [6, 6.07) is -6.56. The van der Waals surface area contributed by atoms with Crippen molar-refractivity contribution in [1.82, 2.24) is 20.9 Å². The molecule has 4 aliphatic rings. The molecule has 0 radical (unpaired) electrons. The molecule has 1 aliphatic carbocycles. The molecule has 3 heterocycles. The minimum atomic E-state index is -5.36. The van der Waals surface area contributed by atoms with Crippen molar-refractivity contribution >= 4 is 33.5 Å². The van der Waals surface area contributed by atoms with Gasteiger partial charge in [0.2, 0.25) is 32.7 Å². The number of alkyl halides is 5. The predicted octanol–water partition coefficient (Wildman–Crippen LogP) is 1.96. The lowest BCUT2D eigenvalue weighted by molar-refractivity contribution is -0.197. The van der Waals surface area contributed by atoms with Gasteiger partial charge in [-0.15, -0.1) is 0 Å². The van der Waals surface area contributed by atoms with E-state index in [0.717, 1.165) is 4.90 Å². The molecule has 3 saturated heterocycles. The number of carbonyl (C=O) groups excluding carboxylic acids is 4. The van der Waals surface area contributed by atoms with Gasteiger partial charge in [0.15, 0.2) is 0 Å². The molecule has 0 aromatic carbocycles. The molecule has 4 rings (SSSR count). The molecular weight excluding hydrogens is 598 g/mol. The van der Waals surface area contributed by atoms with E-state index >= 15 is 8.78 Å². The van der Waals surface area contributed by atoms with Gasteiger partial charge in [-0.1, -0.05) is 20.8 Å². The summed E-state index contributed by atoms with van der Waals surface area (Å²) in [5.74, 6) is -11.3. The number of hydrogen-bond acceptors (Lipinski definition) is 6. The molecule has 2 bridgehead atoms. The Balaban J connectivity index is 2.00. The summed E-state index contributed by atoms with van der Waals surface area (Å²) in [5, 5.41) is 4.81. The van der Waals surface area contributed by atoms with Crippen LogP contribution in [0.3, 0.4) is 0 Å². The van der Waals surface area contributed by atoms with E-state index in [2.05, 4.69) is 10.6 Å². The average Bonchev–Trinajstić information content (AvgIpc) is 3.22. The third kappa shape index (κ3) is 7.37. The number of carbonyl (C=O) groups is 4. The normalized spacial score (nSPS) is 27.7. The number of halogens is 6. The van der Waals surface area contributed by atoms with E-state index in [-0.39, 0.29) is 32.2 Å². The summed E-state index contributed by atoms with van der Waals surface area (Å²) in [7, 11) is -4.38. The van der Waals surface area contributed by atoms with Crippen LogP contribution in [0.5, 0.6) is 0 Å². The molecule has 0 unspecified atom stereocenters. The Morgan fingerprint density at radius 1 is 1.12 bits per heavy atom. The standard InChI is InChI=1S/C25H34F6N4O6S/c1-23(2,3)18(34-22(39)25(29,30)31)21(38)35-14-5-6-15(24(27,28)11-14)17(35)20(37)33-13(10-16(26)42(4,40)41)9-12-7-8-32-19(12)36/h10,12-15,17-18H,5-9,11H2,1-4H3,(H,32,36)(H,33,37)(H,34,39)/b16-10+/t12-,13+,14-,15-,17-,18-/m0/s1. The largest absolute Gasteiger partial charge is 0.471 e. The quantitative estimate of drug-likeness (QED) is 0.350. The Kier molecular flexibility index (Phi) is 9.36. The molecule has 17 heteroatoms. The van der Waals surface area contributed by atoms with Crippen molar-refractivity contribution in [3.63, 3.8) is 0 Å². The molecule has 0 spiro atoms. The predicted molar refractivity (Wildman–Crippen MR) is 136 cm³/mol. The molecule has 4 fully saturated rings. The molecule has 3 aliphatic heterocycles.